The van der Waals surface area contributed by atoms with Crippen LogP contribution < -0.4 is 11.1 Å². The lowest BCUT2D eigenvalue weighted by Crippen LogP contribution is -2.30. The summed E-state index contributed by atoms with van der Waals surface area (Å²) in [6.45, 7) is 0. The van der Waals surface area contributed by atoms with E-state index in [9.17, 15) is 22.8 Å². The molecular formula is C14H11F3N2O2S. The van der Waals surface area contributed by atoms with E-state index in [4.69, 9.17) is 0 Å². The molecule has 0 bridgehead atoms. The molecule has 0 aliphatic carbocycles. The van der Waals surface area contributed by atoms with Crippen LogP contribution in [0.25, 0.3) is 0 Å². The number of halogens is 3. The molecule has 1 aromatic carbocycles. The van der Waals surface area contributed by atoms with Crippen LogP contribution in [0.1, 0.15) is 27.6 Å². The third-order valence-corrected chi connectivity index (χ3v) is 4.85. The SMILES string of the molecule is O=c1[nH]cc(C2Cc3ccc(C(F)(F)F)cc3CS2)[nH]c1=O. The molecule has 1 atom stereocenters. The van der Waals surface area contributed by atoms with Crippen molar-refractivity contribution < 1.29 is 13.2 Å². The highest BCUT2D eigenvalue weighted by Crippen LogP contribution is 2.41. The first-order valence-electron chi connectivity index (χ1n) is 6.47. The second-order valence-corrected chi connectivity index (χ2v) is 6.20. The molecule has 0 spiro atoms. The van der Waals surface area contributed by atoms with Crippen molar-refractivity contribution in [3.05, 3.63) is 67.5 Å². The molecule has 2 aromatic rings. The van der Waals surface area contributed by atoms with Gasteiger partial charge in [-0.3, -0.25) is 9.59 Å². The lowest BCUT2D eigenvalue weighted by molar-refractivity contribution is -0.137. The molecule has 0 radical (unpaired) electrons. The molecule has 0 fully saturated rings. The van der Waals surface area contributed by atoms with Crippen molar-refractivity contribution in [2.45, 2.75) is 23.6 Å². The summed E-state index contributed by atoms with van der Waals surface area (Å²) in [4.78, 5) is 27.3. The Morgan fingerprint density at radius 3 is 2.59 bits per heavy atom. The first-order chi connectivity index (χ1) is 10.3. The van der Waals surface area contributed by atoms with Crippen molar-refractivity contribution in [1.82, 2.24) is 9.97 Å². The molecule has 1 unspecified atom stereocenters. The number of thioether (sulfide) groups is 1. The van der Waals surface area contributed by atoms with Crippen LogP contribution in [0.15, 0.2) is 34.0 Å². The van der Waals surface area contributed by atoms with Gasteiger partial charge in [0.05, 0.1) is 10.8 Å². The second kappa shape index (κ2) is 5.35. The van der Waals surface area contributed by atoms with Gasteiger partial charge >= 0.3 is 17.3 Å². The maximum atomic E-state index is 12.7. The molecule has 1 aliphatic heterocycles. The molecular weight excluding hydrogens is 317 g/mol. The minimum absolute atomic E-state index is 0.103. The fraction of sp³-hybridized carbons (Fsp3) is 0.286. The van der Waals surface area contributed by atoms with Gasteiger partial charge in [-0.15, -0.1) is 11.8 Å². The van der Waals surface area contributed by atoms with E-state index in [-0.39, 0.29) is 5.25 Å². The van der Waals surface area contributed by atoms with Crippen molar-refractivity contribution in [3.8, 4) is 0 Å². The lowest BCUT2D eigenvalue weighted by Gasteiger charge is -2.24. The Hall–Kier alpha value is -1.96. The third kappa shape index (κ3) is 2.83. The molecule has 0 amide bonds. The smallest absolute Gasteiger partial charge is 0.323 e. The summed E-state index contributed by atoms with van der Waals surface area (Å²) in [6, 6.07) is 3.73. The predicted molar refractivity (Wildman–Crippen MR) is 76.9 cm³/mol. The molecule has 1 aliphatic rings. The molecule has 22 heavy (non-hydrogen) atoms. The average molecular weight is 328 g/mol. The molecule has 0 saturated heterocycles. The van der Waals surface area contributed by atoms with Crippen molar-refractivity contribution >= 4 is 11.8 Å². The van der Waals surface area contributed by atoms with Gasteiger partial charge in [0.2, 0.25) is 0 Å². The highest BCUT2D eigenvalue weighted by Gasteiger charge is 2.32. The fourth-order valence-electron chi connectivity index (χ4n) is 2.39. The second-order valence-electron chi connectivity index (χ2n) is 5.01. The Morgan fingerprint density at radius 1 is 1.14 bits per heavy atom. The van der Waals surface area contributed by atoms with Gasteiger partial charge in [-0.2, -0.15) is 13.2 Å². The molecule has 116 valence electrons. The van der Waals surface area contributed by atoms with E-state index in [2.05, 4.69) is 9.97 Å². The third-order valence-electron chi connectivity index (χ3n) is 3.55. The summed E-state index contributed by atoms with van der Waals surface area (Å²) in [5.41, 5.74) is -0.0503. The monoisotopic (exact) mass is 328 g/mol. The molecule has 0 saturated carbocycles. The molecule has 2 N–H and O–H groups in total. The van der Waals surface area contributed by atoms with Gasteiger partial charge in [0.15, 0.2) is 0 Å². The van der Waals surface area contributed by atoms with E-state index >= 15 is 0 Å². The van der Waals surface area contributed by atoms with Gasteiger partial charge in [-0.1, -0.05) is 6.07 Å². The molecule has 2 heterocycles. The largest absolute Gasteiger partial charge is 0.416 e. The van der Waals surface area contributed by atoms with E-state index < -0.39 is 22.9 Å². The van der Waals surface area contributed by atoms with Gasteiger partial charge in [-0.05, 0) is 29.7 Å². The minimum atomic E-state index is -4.35. The highest BCUT2D eigenvalue weighted by atomic mass is 32.2. The van der Waals surface area contributed by atoms with Gasteiger partial charge in [0.25, 0.3) is 0 Å². The van der Waals surface area contributed by atoms with Crippen LogP contribution in [0.5, 0.6) is 0 Å². The Labute approximate surface area is 126 Å². The first-order valence-corrected chi connectivity index (χ1v) is 7.52. The Morgan fingerprint density at radius 2 is 1.91 bits per heavy atom. The first kappa shape index (κ1) is 15.0. The zero-order valence-electron chi connectivity index (χ0n) is 11.2. The van der Waals surface area contributed by atoms with Crippen molar-refractivity contribution in [2.24, 2.45) is 0 Å². The van der Waals surface area contributed by atoms with Crippen molar-refractivity contribution in [3.63, 3.8) is 0 Å². The van der Waals surface area contributed by atoms with Crippen molar-refractivity contribution in [2.75, 3.05) is 0 Å². The topological polar surface area (TPSA) is 65.7 Å². The summed E-state index contributed by atoms with van der Waals surface area (Å²) >= 11 is 1.43. The quantitative estimate of drug-likeness (QED) is 0.791. The zero-order valence-corrected chi connectivity index (χ0v) is 12.0. The van der Waals surface area contributed by atoms with Crippen molar-refractivity contribution in [1.29, 1.82) is 0 Å². The Kier molecular flexibility index (Phi) is 3.64. The van der Waals surface area contributed by atoms with Gasteiger partial charge < -0.3 is 9.97 Å². The number of nitrogens with one attached hydrogen (secondary N) is 2. The molecule has 1 aromatic heterocycles. The lowest BCUT2D eigenvalue weighted by atomic mass is 9.99. The molecule has 4 nitrogen and oxygen atoms in total. The number of alkyl halides is 3. The number of aromatic amines is 2. The van der Waals surface area contributed by atoms with Crippen LogP contribution in [0.4, 0.5) is 13.2 Å². The van der Waals surface area contributed by atoms with Crippen LogP contribution in [0.3, 0.4) is 0 Å². The van der Waals surface area contributed by atoms with Crippen LogP contribution in [0.2, 0.25) is 0 Å². The van der Waals surface area contributed by atoms with Gasteiger partial charge in [-0.25, -0.2) is 0 Å². The van der Waals surface area contributed by atoms with E-state index in [1.807, 2.05) is 0 Å². The number of hydrogen-bond acceptors (Lipinski definition) is 3. The Balaban J connectivity index is 1.89. The number of hydrogen-bond donors (Lipinski definition) is 2. The maximum Gasteiger partial charge on any atom is 0.416 e. The van der Waals surface area contributed by atoms with E-state index in [0.29, 0.717) is 23.4 Å². The summed E-state index contributed by atoms with van der Waals surface area (Å²) in [5, 5.41) is -0.103. The summed E-state index contributed by atoms with van der Waals surface area (Å²) in [6.07, 6.45) is -2.41. The van der Waals surface area contributed by atoms with E-state index in [0.717, 1.165) is 11.6 Å². The number of rotatable bonds is 1. The molecule has 8 heteroatoms. The highest BCUT2D eigenvalue weighted by molar-refractivity contribution is 7.98. The summed E-state index contributed by atoms with van der Waals surface area (Å²) in [7, 11) is 0. The maximum absolute atomic E-state index is 12.7. The standard InChI is InChI=1S/C14H11F3N2O2S/c15-14(16,17)9-2-1-7-4-11(22-6-8(7)3-9)10-5-18-12(20)13(21)19-10/h1-3,5,11H,4,6H2,(H,18,20)(H,19,21). The van der Waals surface area contributed by atoms with Crippen LogP contribution >= 0.6 is 11.8 Å². The average Bonchev–Trinajstić information content (AvgIpc) is 2.48. The van der Waals surface area contributed by atoms with Crippen LogP contribution in [-0.2, 0) is 18.3 Å². The van der Waals surface area contributed by atoms with E-state index in [1.54, 1.807) is 0 Å². The summed E-state index contributed by atoms with van der Waals surface area (Å²) in [5.74, 6) is 0.422. The number of benzene rings is 1. The van der Waals surface area contributed by atoms with E-state index in [1.165, 1.54) is 30.1 Å². The van der Waals surface area contributed by atoms with Gasteiger partial charge in [0, 0.05) is 17.6 Å². The number of H-pyrrole nitrogens is 2. The number of aromatic nitrogens is 2. The summed E-state index contributed by atoms with van der Waals surface area (Å²) < 4.78 is 38.1. The zero-order chi connectivity index (χ0) is 15.9. The van der Waals surface area contributed by atoms with Crippen LogP contribution in [-0.4, -0.2) is 9.97 Å². The van der Waals surface area contributed by atoms with Crippen LogP contribution in [0, 0.1) is 0 Å². The predicted octanol–water partition coefficient (Wildman–Crippen LogP) is 2.61. The fourth-order valence-corrected chi connectivity index (χ4v) is 3.64. The normalized spacial score (nSPS) is 18.0. The number of fused-ring (bicyclic) bond motifs is 1. The molecule has 3 rings (SSSR count). The Bertz CT molecular complexity index is 826. The van der Waals surface area contributed by atoms with Gasteiger partial charge in [0.1, 0.15) is 0 Å². The minimum Gasteiger partial charge on any atom is -0.323 e.